The normalized spacial score (nSPS) is 17.4. The number of hydrogen-bond donors (Lipinski definition) is 1. The van der Waals surface area contributed by atoms with Crippen molar-refractivity contribution in [2.24, 2.45) is 0 Å². The lowest BCUT2D eigenvalue weighted by Crippen LogP contribution is -2.38. The molecule has 1 N–H and O–H groups in total. The molecule has 1 fully saturated rings. The molecule has 2 aliphatic rings. The number of nitrogens with zero attached hydrogens (tertiary/aromatic N) is 1. The number of nitrogens with one attached hydrogen (secondary N) is 1. The predicted molar refractivity (Wildman–Crippen MR) is 121 cm³/mol. The molecule has 14 heteroatoms. The van der Waals surface area contributed by atoms with E-state index in [9.17, 15) is 31.2 Å². The van der Waals surface area contributed by atoms with Gasteiger partial charge in [-0.25, -0.2) is 0 Å². The zero-order valence-electron chi connectivity index (χ0n) is 16.8. The Labute approximate surface area is 200 Å². The predicted octanol–water partition coefficient (Wildman–Crippen LogP) is 3.33. The fourth-order valence-corrected chi connectivity index (χ4v) is 4.60. The largest absolute Gasteiger partial charge is 0.534 e. The Kier molecular flexibility index (Phi) is 6.31. The number of ether oxygens (including phenoxy) is 1. The van der Waals surface area contributed by atoms with Crippen molar-refractivity contribution in [2.45, 2.75) is 12.1 Å². The lowest BCUT2D eigenvalue weighted by atomic mass is 10.1. The van der Waals surface area contributed by atoms with Crippen LogP contribution in [0.25, 0.3) is 6.08 Å². The average Bonchev–Trinajstić information content (AvgIpc) is 3.06. The number of amides is 2. The van der Waals surface area contributed by atoms with Gasteiger partial charge in [-0.3, -0.25) is 9.59 Å². The van der Waals surface area contributed by atoms with Crippen LogP contribution in [0.4, 0.5) is 18.9 Å². The zero-order chi connectivity index (χ0) is 24.7. The van der Waals surface area contributed by atoms with Crippen molar-refractivity contribution >= 4 is 62.0 Å². The summed E-state index contributed by atoms with van der Waals surface area (Å²) in [4.78, 5) is 26.2. The van der Waals surface area contributed by atoms with Crippen LogP contribution in [0.1, 0.15) is 11.1 Å². The van der Waals surface area contributed by atoms with E-state index in [1.807, 2.05) is 0 Å². The standard InChI is InChI=1S/C20H13F3N2O6S3/c21-20(22,23)34(28,29)31-13-3-1-2-12(6-13)9-25-14-7-11(4-5-15(14)30-10-17(25)26)8-16-18(27)24-19(32)33-16/h1-8H,9-10H2,(H,24,27,32). The Bertz CT molecular complexity index is 1340. The molecule has 0 atom stereocenters. The molecule has 8 nitrogen and oxygen atoms in total. The first-order chi connectivity index (χ1) is 15.9. The first kappa shape index (κ1) is 24.0. The van der Waals surface area contributed by atoms with Gasteiger partial charge in [-0.05, 0) is 41.5 Å². The summed E-state index contributed by atoms with van der Waals surface area (Å²) in [6.07, 6.45) is 1.59. The van der Waals surface area contributed by atoms with Gasteiger partial charge in [0.15, 0.2) is 6.61 Å². The van der Waals surface area contributed by atoms with Gasteiger partial charge in [0.25, 0.3) is 11.8 Å². The van der Waals surface area contributed by atoms with Crippen molar-refractivity contribution in [2.75, 3.05) is 11.5 Å². The van der Waals surface area contributed by atoms with Crippen LogP contribution in [0.3, 0.4) is 0 Å². The quantitative estimate of drug-likeness (QED) is 0.272. The minimum Gasteiger partial charge on any atom is -0.482 e. The van der Waals surface area contributed by atoms with E-state index in [1.165, 1.54) is 17.0 Å². The smallest absolute Gasteiger partial charge is 0.482 e. The zero-order valence-corrected chi connectivity index (χ0v) is 19.2. The highest BCUT2D eigenvalue weighted by molar-refractivity contribution is 8.26. The van der Waals surface area contributed by atoms with Crippen molar-refractivity contribution in [3.05, 3.63) is 58.5 Å². The lowest BCUT2D eigenvalue weighted by Gasteiger charge is -2.30. The number of thioether (sulfide) groups is 1. The summed E-state index contributed by atoms with van der Waals surface area (Å²) in [5, 5.41) is 2.50. The highest BCUT2D eigenvalue weighted by Crippen LogP contribution is 2.36. The van der Waals surface area contributed by atoms with Crippen LogP contribution in [0.15, 0.2) is 47.4 Å². The summed E-state index contributed by atoms with van der Waals surface area (Å²) in [6, 6.07) is 9.88. The fraction of sp³-hybridized carbons (Fsp3) is 0.150. The van der Waals surface area contributed by atoms with E-state index in [4.69, 9.17) is 17.0 Å². The Morgan fingerprint density at radius 1 is 1.21 bits per heavy atom. The van der Waals surface area contributed by atoms with Crippen LogP contribution < -0.4 is 19.1 Å². The van der Waals surface area contributed by atoms with Crippen LogP contribution in [-0.4, -0.2) is 36.7 Å². The number of hydrogen-bond acceptors (Lipinski definition) is 8. The average molecular weight is 531 g/mol. The van der Waals surface area contributed by atoms with Gasteiger partial charge in [0.05, 0.1) is 17.1 Å². The van der Waals surface area contributed by atoms with Crippen LogP contribution in [0, 0.1) is 0 Å². The first-order valence-electron chi connectivity index (χ1n) is 9.35. The van der Waals surface area contributed by atoms with Crippen molar-refractivity contribution in [3.63, 3.8) is 0 Å². The molecule has 0 saturated carbocycles. The van der Waals surface area contributed by atoms with Gasteiger partial charge >= 0.3 is 15.6 Å². The number of carbonyl (C=O) groups excluding carboxylic acids is 2. The lowest BCUT2D eigenvalue weighted by molar-refractivity contribution is -0.121. The number of fused-ring (bicyclic) bond motifs is 1. The molecular weight excluding hydrogens is 517 g/mol. The third kappa shape index (κ3) is 5.03. The molecule has 1 saturated heterocycles. The SMILES string of the molecule is O=C1NC(=S)SC1=Cc1ccc2c(c1)N(Cc1cccc(OS(=O)(=O)C(F)(F)F)c1)C(=O)CO2. The van der Waals surface area contributed by atoms with Crippen LogP contribution in [0.5, 0.6) is 11.5 Å². The molecule has 2 heterocycles. The van der Waals surface area contributed by atoms with Gasteiger partial charge in [0.2, 0.25) is 0 Å². The maximum atomic E-state index is 12.6. The minimum atomic E-state index is -5.84. The minimum absolute atomic E-state index is 0.0994. The third-order valence-electron chi connectivity index (χ3n) is 4.59. The summed E-state index contributed by atoms with van der Waals surface area (Å²) in [5.74, 6) is -0.939. The summed E-state index contributed by atoms with van der Waals surface area (Å²) in [7, 11) is -5.84. The second-order valence-corrected chi connectivity index (χ2v) is 10.2. The van der Waals surface area contributed by atoms with Gasteiger partial charge in [-0.1, -0.05) is 42.2 Å². The number of thiocarbonyl (C=S) groups is 1. The van der Waals surface area contributed by atoms with Crippen molar-refractivity contribution in [3.8, 4) is 11.5 Å². The van der Waals surface area contributed by atoms with Gasteiger partial charge in [-0.2, -0.15) is 21.6 Å². The van der Waals surface area contributed by atoms with E-state index >= 15 is 0 Å². The molecule has 0 radical (unpaired) electrons. The highest BCUT2D eigenvalue weighted by atomic mass is 32.2. The van der Waals surface area contributed by atoms with Gasteiger partial charge in [-0.15, -0.1) is 0 Å². The van der Waals surface area contributed by atoms with Crippen molar-refractivity contribution < 1.29 is 40.1 Å². The maximum Gasteiger partial charge on any atom is 0.534 e. The number of rotatable bonds is 5. The molecule has 2 aromatic carbocycles. The van der Waals surface area contributed by atoms with Crippen LogP contribution in [-0.2, 0) is 26.3 Å². The second-order valence-electron chi connectivity index (χ2n) is 6.98. The van der Waals surface area contributed by atoms with E-state index in [-0.39, 0.29) is 19.1 Å². The Balaban J connectivity index is 1.62. The van der Waals surface area contributed by atoms with Gasteiger partial charge in [0.1, 0.15) is 15.8 Å². The summed E-state index contributed by atoms with van der Waals surface area (Å²) in [6.45, 7) is -0.365. The topological polar surface area (TPSA) is 102 Å². The fourth-order valence-electron chi connectivity index (χ4n) is 3.11. The van der Waals surface area contributed by atoms with Crippen molar-refractivity contribution in [1.29, 1.82) is 0 Å². The highest BCUT2D eigenvalue weighted by Gasteiger charge is 2.48. The molecular formula is C20H13F3N2O6S3. The molecule has 2 amide bonds. The van der Waals surface area contributed by atoms with E-state index in [0.29, 0.717) is 31.8 Å². The molecule has 0 aromatic heterocycles. The van der Waals surface area contributed by atoms with E-state index < -0.39 is 27.3 Å². The number of carbonyl (C=O) groups is 2. The summed E-state index contributed by atoms with van der Waals surface area (Å²) >= 11 is 6.06. The number of alkyl halides is 3. The number of anilines is 1. The number of halogens is 3. The van der Waals surface area contributed by atoms with Crippen LogP contribution >= 0.6 is 24.0 Å². The molecule has 2 aromatic rings. The second kappa shape index (κ2) is 8.92. The third-order valence-corrected chi connectivity index (χ3v) is 6.74. The Morgan fingerprint density at radius 3 is 2.65 bits per heavy atom. The molecule has 0 bridgehead atoms. The van der Waals surface area contributed by atoms with E-state index in [1.54, 1.807) is 24.3 Å². The van der Waals surface area contributed by atoms with Gasteiger partial charge in [0, 0.05) is 0 Å². The molecule has 2 aliphatic heterocycles. The Morgan fingerprint density at radius 2 is 1.97 bits per heavy atom. The summed E-state index contributed by atoms with van der Waals surface area (Å²) in [5.41, 5.74) is -4.31. The molecule has 4 rings (SSSR count). The van der Waals surface area contributed by atoms with Crippen LogP contribution in [0.2, 0.25) is 0 Å². The summed E-state index contributed by atoms with van der Waals surface area (Å²) < 4.78 is 70.4. The van der Waals surface area contributed by atoms with E-state index in [2.05, 4.69) is 9.50 Å². The molecule has 0 aliphatic carbocycles. The van der Waals surface area contributed by atoms with Crippen molar-refractivity contribution in [1.82, 2.24) is 5.32 Å². The van der Waals surface area contributed by atoms with E-state index in [0.717, 1.165) is 23.9 Å². The Hall–Kier alpha value is -3.10. The molecule has 0 unspecified atom stereocenters. The first-order valence-corrected chi connectivity index (χ1v) is 12.0. The van der Waals surface area contributed by atoms with Gasteiger partial charge < -0.3 is 19.1 Å². The maximum absolute atomic E-state index is 12.6. The monoisotopic (exact) mass is 530 g/mol. The molecule has 34 heavy (non-hydrogen) atoms. The molecule has 178 valence electrons. The molecule has 0 spiro atoms. The number of benzene rings is 2.